The smallest absolute Gasteiger partial charge is 0.242 e. The van der Waals surface area contributed by atoms with Gasteiger partial charge in [0.05, 0.1) is 19.3 Å². The van der Waals surface area contributed by atoms with Crippen LogP contribution in [0.2, 0.25) is 0 Å². The molecule has 21 heavy (non-hydrogen) atoms. The quantitative estimate of drug-likeness (QED) is 0.642. The first kappa shape index (κ1) is 15.4. The SMILES string of the molecule is NCC(=O)NCc1cn(CC(=O)NC2CCCCC2)nn1. The zero-order valence-corrected chi connectivity index (χ0v) is 12.0. The van der Waals surface area contributed by atoms with E-state index >= 15 is 0 Å². The highest BCUT2D eigenvalue weighted by atomic mass is 16.2. The zero-order chi connectivity index (χ0) is 15.1. The summed E-state index contributed by atoms with van der Waals surface area (Å²) in [6.45, 7) is 0.354. The molecule has 1 fully saturated rings. The number of amides is 2. The van der Waals surface area contributed by atoms with E-state index in [4.69, 9.17) is 5.73 Å². The predicted octanol–water partition coefficient (Wildman–Crippen LogP) is -0.698. The summed E-state index contributed by atoms with van der Waals surface area (Å²) in [6, 6.07) is 0.290. The summed E-state index contributed by atoms with van der Waals surface area (Å²) in [6.07, 6.45) is 7.38. The lowest BCUT2D eigenvalue weighted by atomic mass is 9.95. The molecule has 0 radical (unpaired) electrons. The Balaban J connectivity index is 1.75. The Bertz CT molecular complexity index is 481. The predicted molar refractivity (Wildman–Crippen MR) is 75.9 cm³/mol. The van der Waals surface area contributed by atoms with Crippen LogP contribution in [0, 0.1) is 0 Å². The molecule has 1 aliphatic carbocycles. The molecule has 0 bridgehead atoms. The van der Waals surface area contributed by atoms with Gasteiger partial charge >= 0.3 is 0 Å². The maximum atomic E-state index is 11.9. The molecule has 8 nitrogen and oxygen atoms in total. The van der Waals surface area contributed by atoms with Crippen molar-refractivity contribution >= 4 is 11.8 Å². The average Bonchev–Trinajstić information content (AvgIpc) is 2.93. The van der Waals surface area contributed by atoms with Gasteiger partial charge in [-0.3, -0.25) is 9.59 Å². The third kappa shape index (κ3) is 5.14. The third-order valence-corrected chi connectivity index (χ3v) is 3.51. The summed E-state index contributed by atoms with van der Waals surface area (Å²) >= 11 is 0. The highest BCUT2D eigenvalue weighted by molar-refractivity contribution is 5.77. The number of nitrogens with two attached hydrogens (primary N) is 1. The monoisotopic (exact) mass is 294 g/mol. The fraction of sp³-hybridized carbons (Fsp3) is 0.692. The van der Waals surface area contributed by atoms with Gasteiger partial charge in [0.15, 0.2) is 0 Å². The summed E-state index contributed by atoms with van der Waals surface area (Å²) in [5.41, 5.74) is 5.79. The van der Waals surface area contributed by atoms with Crippen LogP contribution < -0.4 is 16.4 Å². The van der Waals surface area contributed by atoms with Crippen molar-refractivity contribution in [1.82, 2.24) is 25.6 Å². The van der Waals surface area contributed by atoms with Crippen molar-refractivity contribution < 1.29 is 9.59 Å². The van der Waals surface area contributed by atoms with Crippen LogP contribution in [0.1, 0.15) is 37.8 Å². The topological polar surface area (TPSA) is 115 Å². The lowest BCUT2D eigenvalue weighted by molar-refractivity contribution is -0.123. The molecule has 0 saturated heterocycles. The van der Waals surface area contributed by atoms with E-state index in [0.717, 1.165) is 12.8 Å². The van der Waals surface area contributed by atoms with Crippen molar-refractivity contribution in [3.8, 4) is 0 Å². The van der Waals surface area contributed by atoms with E-state index in [9.17, 15) is 9.59 Å². The number of carbonyl (C=O) groups is 2. The summed E-state index contributed by atoms with van der Waals surface area (Å²) in [5.74, 6) is -0.302. The van der Waals surface area contributed by atoms with Crippen LogP contribution in [-0.2, 0) is 22.7 Å². The van der Waals surface area contributed by atoms with Crippen LogP contribution >= 0.6 is 0 Å². The number of carbonyl (C=O) groups excluding carboxylic acids is 2. The van der Waals surface area contributed by atoms with Gasteiger partial charge in [0.25, 0.3) is 0 Å². The molecule has 8 heteroatoms. The fourth-order valence-corrected chi connectivity index (χ4v) is 2.43. The van der Waals surface area contributed by atoms with Crippen LogP contribution in [0.25, 0.3) is 0 Å². The van der Waals surface area contributed by atoms with Crippen molar-refractivity contribution in [3.63, 3.8) is 0 Å². The lowest BCUT2D eigenvalue weighted by Crippen LogP contribution is -2.38. The normalized spacial score (nSPS) is 15.7. The van der Waals surface area contributed by atoms with Gasteiger partial charge in [-0.25, -0.2) is 4.68 Å². The molecule has 1 heterocycles. The van der Waals surface area contributed by atoms with Crippen molar-refractivity contribution in [1.29, 1.82) is 0 Å². The van der Waals surface area contributed by atoms with Crippen molar-refractivity contribution in [3.05, 3.63) is 11.9 Å². The standard InChI is InChI=1S/C13H22N6O2/c14-6-12(20)15-7-11-8-19(18-17-11)9-13(21)16-10-4-2-1-3-5-10/h8,10H,1-7,9,14H2,(H,15,20)(H,16,21). The zero-order valence-electron chi connectivity index (χ0n) is 12.0. The van der Waals surface area contributed by atoms with Gasteiger partial charge in [0.2, 0.25) is 11.8 Å². The Labute approximate surface area is 123 Å². The molecule has 1 aromatic rings. The van der Waals surface area contributed by atoms with E-state index in [1.165, 1.54) is 23.9 Å². The first-order chi connectivity index (χ1) is 10.2. The Hall–Kier alpha value is -1.96. The highest BCUT2D eigenvalue weighted by Gasteiger charge is 2.16. The van der Waals surface area contributed by atoms with Gasteiger partial charge in [-0.15, -0.1) is 5.10 Å². The third-order valence-electron chi connectivity index (χ3n) is 3.51. The molecule has 1 aliphatic rings. The molecule has 0 aliphatic heterocycles. The van der Waals surface area contributed by atoms with E-state index < -0.39 is 0 Å². The van der Waals surface area contributed by atoms with Crippen LogP contribution in [-0.4, -0.2) is 39.4 Å². The average molecular weight is 294 g/mol. The van der Waals surface area contributed by atoms with Gasteiger partial charge in [-0.05, 0) is 12.8 Å². The number of aromatic nitrogens is 3. The molecule has 4 N–H and O–H groups in total. The molecule has 2 amide bonds. The molecular formula is C13H22N6O2. The number of nitrogens with one attached hydrogen (secondary N) is 2. The van der Waals surface area contributed by atoms with Crippen molar-refractivity contribution in [2.24, 2.45) is 5.73 Å². The van der Waals surface area contributed by atoms with Gasteiger partial charge in [0.1, 0.15) is 12.2 Å². The van der Waals surface area contributed by atoms with E-state index in [0.29, 0.717) is 5.69 Å². The van der Waals surface area contributed by atoms with Crippen molar-refractivity contribution in [2.75, 3.05) is 6.54 Å². The summed E-state index contributed by atoms with van der Waals surface area (Å²) in [7, 11) is 0. The molecular weight excluding hydrogens is 272 g/mol. The largest absolute Gasteiger partial charge is 0.352 e. The summed E-state index contributed by atoms with van der Waals surface area (Å²) in [5, 5.41) is 13.4. The van der Waals surface area contributed by atoms with E-state index in [1.54, 1.807) is 6.20 Å². The second kappa shape index (κ2) is 7.72. The van der Waals surface area contributed by atoms with E-state index in [1.807, 2.05) is 0 Å². The molecule has 1 saturated carbocycles. The van der Waals surface area contributed by atoms with E-state index in [2.05, 4.69) is 20.9 Å². The van der Waals surface area contributed by atoms with Crippen LogP contribution in [0.4, 0.5) is 0 Å². The first-order valence-electron chi connectivity index (χ1n) is 7.32. The maximum absolute atomic E-state index is 11.9. The molecule has 0 atom stereocenters. The van der Waals surface area contributed by atoms with Crippen LogP contribution in [0.3, 0.4) is 0 Å². The number of nitrogens with zero attached hydrogens (tertiary/aromatic N) is 3. The highest BCUT2D eigenvalue weighted by Crippen LogP contribution is 2.17. The molecule has 0 spiro atoms. The van der Waals surface area contributed by atoms with Gasteiger partial charge in [0, 0.05) is 6.04 Å². The minimum Gasteiger partial charge on any atom is -0.352 e. The van der Waals surface area contributed by atoms with Gasteiger partial charge in [-0.1, -0.05) is 24.5 Å². The molecule has 2 rings (SSSR count). The second-order valence-corrected chi connectivity index (χ2v) is 5.29. The minimum atomic E-state index is -0.250. The summed E-state index contributed by atoms with van der Waals surface area (Å²) in [4.78, 5) is 23.0. The van der Waals surface area contributed by atoms with E-state index in [-0.39, 0.29) is 37.5 Å². The van der Waals surface area contributed by atoms with Crippen LogP contribution in [0.5, 0.6) is 0 Å². The maximum Gasteiger partial charge on any atom is 0.242 e. The van der Waals surface area contributed by atoms with Gasteiger partial charge in [-0.2, -0.15) is 0 Å². The first-order valence-corrected chi connectivity index (χ1v) is 7.32. The van der Waals surface area contributed by atoms with Gasteiger partial charge < -0.3 is 16.4 Å². The lowest BCUT2D eigenvalue weighted by Gasteiger charge is -2.22. The molecule has 1 aromatic heterocycles. The summed E-state index contributed by atoms with van der Waals surface area (Å²) < 4.78 is 1.47. The Morgan fingerprint density at radius 2 is 2.05 bits per heavy atom. The second-order valence-electron chi connectivity index (χ2n) is 5.29. The number of rotatable bonds is 6. The van der Waals surface area contributed by atoms with Crippen molar-refractivity contribution in [2.45, 2.75) is 51.2 Å². The fourth-order valence-electron chi connectivity index (χ4n) is 2.43. The molecule has 116 valence electrons. The Morgan fingerprint density at radius 1 is 1.29 bits per heavy atom. The number of hydrogen-bond acceptors (Lipinski definition) is 5. The molecule has 0 aromatic carbocycles. The van der Waals surface area contributed by atoms with Crippen LogP contribution in [0.15, 0.2) is 6.20 Å². The Kier molecular flexibility index (Phi) is 5.68. The number of hydrogen-bond donors (Lipinski definition) is 3. The minimum absolute atomic E-state index is 0.0515. The molecule has 0 unspecified atom stereocenters. The Morgan fingerprint density at radius 3 is 2.76 bits per heavy atom.